The van der Waals surface area contributed by atoms with Crippen LogP contribution in [0.15, 0.2) is 29.3 Å². The van der Waals surface area contributed by atoms with Crippen LogP contribution in [0.25, 0.3) is 0 Å². The SMILES string of the molecule is CC(=O)OCCCS(=O)(=O)N[C@@H](CNC(=O)c1ccc(N2CCCCC2NC2=NCCCN2)cc1)C(=O)O. The maximum Gasteiger partial charge on any atom is 0.323 e. The molecule has 2 aliphatic heterocycles. The molecule has 0 bridgehead atoms. The number of amides is 1. The number of nitrogens with one attached hydrogen (secondary N) is 4. The van der Waals surface area contributed by atoms with Gasteiger partial charge in [0.05, 0.1) is 12.4 Å². The first-order valence-electron chi connectivity index (χ1n) is 12.7. The van der Waals surface area contributed by atoms with Gasteiger partial charge in [-0.15, -0.1) is 0 Å². The standard InChI is InChI=1S/C24H36N6O7S/c1-17(31)37-14-5-15-38(35,36)29-20(23(33)34)16-27-22(32)18-7-9-19(10-8-18)30-13-3-2-6-21(30)28-24-25-11-4-12-26-24/h7-10,20-21,29H,2-6,11-16H2,1H3,(H,27,32)(H,33,34)(H2,25,26,28)/t20-,21?/m0/s1. The minimum Gasteiger partial charge on any atom is -0.480 e. The van der Waals surface area contributed by atoms with E-state index in [9.17, 15) is 27.9 Å². The molecule has 38 heavy (non-hydrogen) atoms. The van der Waals surface area contributed by atoms with Crippen molar-refractivity contribution in [3.8, 4) is 0 Å². The number of piperidine rings is 1. The molecule has 0 saturated carbocycles. The summed E-state index contributed by atoms with van der Waals surface area (Å²) in [5, 5.41) is 18.7. The number of carbonyl (C=O) groups is 3. The summed E-state index contributed by atoms with van der Waals surface area (Å²) >= 11 is 0. The van der Waals surface area contributed by atoms with Gasteiger partial charge in [0.25, 0.3) is 5.91 Å². The van der Waals surface area contributed by atoms with Crippen molar-refractivity contribution in [2.75, 3.05) is 43.4 Å². The van der Waals surface area contributed by atoms with Crippen LogP contribution in [0, 0.1) is 0 Å². The maximum atomic E-state index is 12.6. The van der Waals surface area contributed by atoms with Crippen LogP contribution >= 0.6 is 0 Å². The minimum absolute atomic E-state index is 0.0119. The number of carboxylic acid groups (broad SMARTS) is 1. The number of nitrogens with zero attached hydrogens (tertiary/aromatic N) is 2. The van der Waals surface area contributed by atoms with E-state index in [2.05, 4.69) is 35.3 Å². The highest BCUT2D eigenvalue weighted by atomic mass is 32.2. The van der Waals surface area contributed by atoms with Crippen molar-refractivity contribution in [1.29, 1.82) is 0 Å². The molecular weight excluding hydrogens is 516 g/mol. The van der Waals surface area contributed by atoms with Gasteiger partial charge in [0.2, 0.25) is 10.0 Å². The second kappa shape index (κ2) is 14.0. The molecule has 2 aliphatic rings. The van der Waals surface area contributed by atoms with Crippen molar-refractivity contribution in [2.45, 2.75) is 51.2 Å². The summed E-state index contributed by atoms with van der Waals surface area (Å²) in [6.45, 7) is 3.22. The molecule has 1 aromatic rings. The number of sulfonamides is 1. The third kappa shape index (κ3) is 9.17. The van der Waals surface area contributed by atoms with E-state index in [4.69, 9.17) is 0 Å². The highest BCUT2D eigenvalue weighted by Gasteiger charge is 2.26. The van der Waals surface area contributed by atoms with Gasteiger partial charge in [-0.1, -0.05) is 0 Å². The molecule has 14 heteroatoms. The lowest BCUT2D eigenvalue weighted by Gasteiger charge is -2.39. The number of benzene rings is 1. The number of ether oxygens (including phenoxy) is 1. The zero-order valence-electron chi connectivity index (χ0n) is 21.4. The summed E-state index contributed by atoms with van der Waals surface area (Å²) in [6, 6.07) is 5.44. The molecule has 1 unspecified atom stereocenters. The van der Waals surface area contributed by atoms with E-state index < -0.39 is 46.2 Å². The number of hydrogen-bond donors (Lipinski definition) is 5. The Labute approximate surface area is 222 Å². The molecular formula is C24H36N6O7S. The van der Waals surface area contributed by atoms with Crippen LogP contribution in [0.3, 0.4) is 0 Å². The van der Waals surface area contributed by atoms with E-state index in [1.54, 1.807) is 12.1 Å². The van der Waals surface area contributed by atoms with E-state index in [0.717, 1.165) is 57.0 Å². The van der Waals surface area contributed by atoms with Crippen molar-refractivity contribution >= 4 is 39.5 Å². The zero-order valence-corrected chi connectivity index (χ0v) is 22.3. The largest absolute Gasteiger partial charge is 0.480 e. The van der Waals surface area contributed by atoms with E-state index in [1.807, 2.05) is 12.1 Å². The van der Waals surface area contributed by atoms with Crippen LogP contribution in [0.1, 0.15) is 49.4 Å². The van der Waals surface area contributed by atoms with Crippen LogP contribution in [0.2, 0.25) is 0 Å². The Morgan fingerprint density at radius 1 is 1.21 bits per heavy atom. The quantitative estimate of drug-likeness (QED) is 0.175. The minimum atomic E-state index is -3.97. The fourth-order valence-electron chi connectivity index (χ4n) is 4.20. The molecule has 1 fully saturated rings. The fraction of sp³-hybridized carbons (Fsp3) is 0.583. The second-order valence-corrected chi connectivity index (χ2v) is 11.0. The number of guanidine groups is 1. The van der Waals surface area contributed by atoms with Gasteiger partial charge in [-0.3, -0.25) is 19.4 Å². The molecule has 1 aromatic carbocycles. The Kier molecular flexibility index (Phi) is 10.7. The highest BCUT2D eigenvalue weighted by molar-refractivity contribution is 7.89. The summed E-state index contributed by atoms with van der Waals surface area (Å²) in [5.74, 6) is -2.10. The first-order chi connectivity index (χ1) is 18.1. The highest BCUT2D eigenvalue weighted by Crippen LogP contribution is 2.24. The number of aliphatic imine (C=N–C) groups is 1. The predicted molar refractivity (Wildman–Crippen MR) is 141 cm³/mol. The predicted octanol–water partition coefficient (Wildman–Crippen LogP) is -0.00250. The summed E-state index contributed by atoms with van der Waals surface area (Å²) in [4.78, 5) is 41.7. The summed E-state index contributed by atoms with van der Waals surface area (Å²) in [6.07, 6.45) is 4.21. The second-order valence-electron chi connectivity index (χ2n) is 9.14. The summed E-state index contributed by atoms with van der Waals surface area (Å²) < 4.78 is 31.1. The fourth-order valence-corrected chi connectivity index (χ4v) is 5.43. The van der Waals surface area contributed by atoms with Crippen molar-refractivity contribution < 1.29 is 32.6 Å². The monoisotopic (exact) mass is 552 g/mol. The molecule has 2 heterocycles. The Bertz CT molecular complexity index is 1110. The number of esters is 1. The Balaban J connectivity index is 1.54. The molecule has 0 aliphatic carbocycles. The summed E-state index contributed by atoms with van der Waals surface area (Å²) in [5.41, 5.74) is 1.27. The zero-order chi connectivity index (χ0) is 27.5. The van der Waals surface area contributed by atoms with Gasteiger partial charge < -0.3 is 30.7 Å². The number of hydrogen-bond acceptors (Lipinski definition) is 10. The number of aliphatic carboxylic acids is 1. The van der Waals surface area contributed by atoms with E-state index >= 15 is 0 Å². The normalized spacial score (nSPS) is 18.5. The smallest absolute Gasteiger partial charge is 0.323 e. The number of carbonyl (C=O) groups excluding carboxylic acids is 2. The Hall–Kier alpha value is -3.39. The molecule has 2 atom stereocenters. The molecule has 3 rings (SSSR count). The molecule has 210 valence electrons. The Morgan fingerprint density at radius 2 is 1.97 bits per heavy atom. The van der Waals surface area contributed by atoms with Crippen LogP contribution in [0.5, 0.6) is 0 Å². The van der Waals surface area contributed by atoms with Gasteiger partial charge >= 0.3 is 11.9 Å². The van der Waals surface area contributed by atoms with Crippen molar-refractivity contribution in [3.05, 3.63) is 29.8 Å². The Morgan fingerprint density at radius 3 is 2.63 bits per heavy atom. The van der Waals surface area contributed by atoms with Crippen molar-refractivity contribution in [3.63, 3.8) is 0 Å². The van der Waals surface area contributed by atoms with Gasteiger partial charge in [-0.2, -0.15) is 4.72 Å². The van der Waals surface area contributed by atoms with Crippen LogP contribution in [0.4, 0.5) is 5.69 Å². The van der Waals surface area contributed by atoms with Crippen LogP contribution in [-0.2, 0) is 24.3 Å². The van der Waals surface area contributed by atoms with Gasteiger partial charge in [-0.05, 0) is 56.4 Å². The summed E-state index contributed by atoms with van der Waals surface area (Å²) in [7, 11) is -3.97. The molecule has 13 nitrogen and oxygen atoms in total. The lowest BCUT2D eigenvalue weighted by molar-refractivity contribution is -0.141. The van der Waals surface area contributed by atoms with Crippen LogP contribution < -0.4 is 25.6 Å². The van der Waals surface area contributed by atoms with Gasteiger partial charge in [0.15, 0.2) is 5.96 Å². The van der Waals surface area contributed by atoms with Gasteiger partial charge in [0, 0.05) is 44.4 Å². The maximum absolute atomic E-state index is 12.6. The topological polar surface area (TPSA) is 179 Å². The van der Waals surface area contributed by atoms with Crippen molar-refractivity contribution in [2.24, 2.45) is 4.99 Å². The van der Waals surface area contributed by atoms with Crippen LogP contribution in [-0.4, -0.2) is 88.1 Å². The van der Waals surface area contributed by atoms with E-state index in [1.165, 1.54) is 6.92 Å². The number of rotatable bonds is 12. The van der Waals surface area contributed by atoms with Gasteiger partial charge in [0.1, 0.15) is 12.2 Å². The number of anilines is 1. The van der Waals surface area contributed by atoms with E-state index in [-0.39, 0.29) is 19.2 Å². The molecule has 1 amide bonds. The molecule has 1 saturated heterocycles. The first kappa shape index (κ1) is 29.2. The number of carboxylic acids is 1. The molecule has 5 N–H and O–H groups in total. The first-order valence-corrected chi connectivity index (χ1v) is 14.4. The average Bonchev–Trinajstić information content (AvgIpc) is 2.90. The molecule has 0 radical (unpaired) electrons. The molecule has 0 aromatic heterocycles. The third-order valence-corrected chi connectivity index (χ3v) is 7.58. The molecule has 0 spiro atoms. The lowest BCUT2D eigenvalue weighted by Crippen LogP contribution is -2.55. The van der Waals surface area contributed by atoms with Gasteiger partial charge in [-0.25, -0.2) is 8.42 Å². The lowest BCUT2D eigenvalue weighted by atomic mass is 10.1. The average molecular weight is 553 g/mol. The van der Waals surface area contributed by atoms with Crippen molar-refractivity contribution in [1.82, 2.24) is 20.7 Å². The third-order valence-electron chi connectivity index (χ3n) is 6.11. The van der Waals surface area contributed by atoms with E-state index in [0.29, 0.717) is 5.56 Å².